The second-order valence-corrected chi connectivity index (χ2v) is 7.34. The molecule has 1 aliphatic carbocycles. The van der Waals surface area contributed by atoms with Crippen LogP contribution in [-0.4, -0.2) is 53.9 Å². The van der Waals surface area contributed by atoms with Crippen molar-refractivity contribution in [3.05, 3.63) is 41.3 Å². The molecule has 6 heteroatoms. The lowest BCUT2D eigenvalue weighted by Gasteiger charge is -2.36. The van der Waals surface area contributed by atoms with Crippen molar-refractivity contribution >= 4 is 11.5 Å². The van der Waals surface area contributed by atoms with Gasteiger partial charge in [0.1, 0.15) is 5.82 Å². The van der Waals surface area contributed by atoms with Crippen molar-refractivity contribution in [2.75, 3.05) is 49.5 Å². The van der Waals surface area contributed by atoms with E-state index in [1.165, 1.54) is 24.1 Å². The predicted molar refractivity (Wildman–Crippen MR) is 103 cm³/mol. The molecule has 0 amide bonds. The molecule has 2 heterocycles. The Balaban J connectivity index is 1.25. The molecule has 1 N–H and O–H groups in total. The maximum absolute atomic E-state index is 13.1. The first-order valence-corrected chi connectivity index (χ1v) is 9.72. The average Bonchev–Trinajstić information content (AvgIpc) is 2.99. The van der Waals surface area contributed by atoms with Gasteiger partial charge in [-0.2, -0.15) is 5.10 Å². The Labute approximate surface area is 154 Å². The lowest BCUT2D eigenvalue weighted by atomic mass is 9.97. The van der Waals surface area contributed by atoms with Crippen molar-refractivity contribution in [2.45, 2.75) is 25.7 Å². The Morgan fingerprint density at radius 1 is 1.04 bits per heavy atom. The first kappa shape index (κ1) is 17.3. The van der Waals surface area contributed by atoms with Crippen molar-refractivity contribution in [3.8, 4) is 0 Å². The summed E-state index contributed by atoms with van der Waals surface area (Å²) in [5, 5.41) is 8.24. The first-order valence-electron chi connectivity index (χ1n) is 9.72. The van der Waals surface area contributed by atoms with Gasteiger partial charge in [-0.15, -0.1) is 0 Å². The van der Waals surface area contributed by atoms with Gasteiger partial charge in [-0.25, -0.2) is 4.39 Å². The van der Waals surface area contributed by atoms with E-state index in [4.69, 9.17) is 0 Å². The monoisotopic (exact) mass is 357 g/mol. The molecule has 1 aromatic heterocycles. The van der Waals surface area contributed by atoms with Crippen LogP contribution in [0.3, 0.4) is 0 Å². The summed E-state index contributed by atoms with van der Waals surface area (Å²) in [5.41, 5.74) is 3.95. The van der Waals surface area contributed by atoms with Crippen LogP contribution in [0.4, 0.5) is 15.9 Å². The number of nitrogens with zero attached hydrogens (tertiary/aromatic N) is 4. The highest BCUT2D eigenvalue weighted by Gasteiger charge is 2.20. The standard InChI is InChI=1S/C20H28FN5/c1-24-19-5-3-2-4-18(19)20(23-24)22-10-11-25-12-14-26(15-13-25)17-8-6-16(21)7-9-17/h6-9H,2-5,10-15H2,1H3,(H,22,23). The van der Waals surface area contributed by atoms with Crippen LogP contribution in [0, 0.1) is 5.82 Å². The minimum Gasteiger partial charge on any atom is -0.369 e. The molecule has 2 aromatic rings. The summed E-state index contributed by atoms with van der Waals surface area (Å²) in [6, 6.07) is 6.83. The molecular formula is C20H28FN5. The SMILES string of the molecule is Cn1nc(NCCN2CCN(c3ccc(F)cc3)CC2)c2c1CCCC2. The molecule has 0 spiro atoms. The summed E-state index contributed by atoms with van der Waals surface area (Å²) in [5.74, 6) is 0.919. The van der Waals surface area contributed by atoms with Gasteiger partial charge >= 0.3 is 0 Å². The fourth-order valence-corrected chi connectivity index (χ4v) is 4.13. The van der Waals surface area contributed by atoms with E-state index in [-0.39, 0.29) is 5.82 Å². The van der Waals surface area contributed by atoms with Crippen LogP contribution < -0.4 is 10.2 Å². The van der Waals surface area contributed by atoms with Crippen molar-refractivity contribution < 1.29 is 4.39 Å². The highest BCUT2D eigenvalue weighted by atomic mass is 19.1. The second-order valence-electron chi connectivity index (χ2n) is 7.34. The number of piperazine rings is 1. The van der Waals surface area contributed by atoms with Gasteiger partial charge in [-0.05, 0) is 49.9 Å². The molecule has 1 saturated heterocycles. The van der Waals surface area contributed by atoms with Crippen LogP contribution in [0.2, 0.25) is 0 Å². The molecule has 0 unspecified atom stereocenters. The van der Waals surface area contributed by atoms with Gasteiger partial charge in [0.15, 0.2) is 5.82 Å². The van der Waals surface area contributed by atoms with E-state index in [2.05, 4.69) is 31.9 Å². The summed E-state index contributed by atoms with van der Waals surface area (Å²) in [6.07, 6.45) is 4.87. The highest BCUT2D eigenvalue weighted by Crippen LogP contribution is 2.27. The maximum Gasteiger partial charge on any atom is 0.151 e. The topological polar surface area (TPSA) is 36.3 Å². The van der Waals surface area contributed by atoms with Gasteiger partial charge in [0.25, 0.3) is 0 Å². The molecule has 5 nitrogen and oxygen atoms in total. The molecule has 0 saturated carbocycles. The van der Waals surface area contributed by atoms with Crippen molar-refractivity contribution in [2.24, 2.45) is 7.05 Å². The third-order valence-electron chi connectivity index (χ3n) is 5.65. The maximum atomic E-state index is 13.1. The zero-order valence-electron chi connectivity index (χ0n) is 15.5. The number of hydrogen-bond donors (Lipinski definition) is 1. The molecule has 1 fully saturated rings. The number of benzene rings is 1. The Bertz CT molecular complexity index is 731. The van der Waals surface area contributed by atoms with Gasteiger partial charge in [-0.3, -0.25) is 9.58 Å². The number of halogens is 1. The van der Waals surface area contributed by atoms with Crippen molar-refractivity contribution in [3.63, 3.8) is 0 Å². The number of nitrogens with one attached hydrogen (secondary N) is 1. The molecule has 0 radical (unpaired) electrons. The van der Waals surface area contributed by atoms with E-state index in [0.717, 1.165) is 63.6 Å². The molecule has 0 bridgehead atoms. The predicted octanol–water partition coefficient (Wildman–Crippen LogP) is 2.67. The second kappa shape index (κ2) is 7.66. The van der Waals surface area contributed by atoms with Crippen LogP contribution in [0.5, 0.6) is 0 Å². The van der Waals surface area contributed by atoms with Gasteiger partial charge in [0, 0.05) is 63.3 Å². The van der Waals surface area contributed by atoms with Crippen LogP contribution in [0.25, 0.3) is 0 Å². The van der Waals surface area contributed by atoms with Crippen LogP contribution in [0.1, 0.15) is 24.1 Å². The van der Waals surface area contributed by atoms with E-state index in [1.54, 1.807) is 12.1 Å². The largest absolute Gasteiger partial charge is 0.369 e. The Morgan fingerprint density at radius 3 is 2.54 bits per heavy atom. The highest BCUT2D eigenvalue weighted by molar-refractivity contribution is 5.48. The number of anilines is 2. The molecule has 2 aliphatic rings. The number of aromatic nitrogens is 2. The average molecular weight is 357 g/mol. The lowest BCUT2D eigenvalue weighted by Crippen LogP contribution is -2.47. The summed E-state index contributed by atoms with van der Waals surface area (Å²) in [4.78, 5) is 4.82. The van der Waals surface area contributed by atoms with E-state index in [9.17, 15) is 4.39 Å². The fourth-order valence-electron chi connectivity index (χ4n) is 4.13. The van der Waals surface area contributed by atoms with E-state index < -0.39 is 0 Å². The Hall–Kier alpha value is -2.08. The third-order valence-corrected chi connectivity index (χ3v) is 5.65. The summed E-state index contributed by atoms with van der Waals surface area (Å²) in [7, 11) is 2.06. The zero-order chi connectivity index (χ0) is 17.9. The molecule has 140 valence electrons. The molecule has 1 aliphatic heterocycles. The van der Waals surface area contributed by atoms with Crippen LogP contribution >= 0.6 is 0 Å². The summed E-state index contributed by atoms with van der Waals surface area (Å²) < 4.78 is 15.1. The quantitative estimate of drug-likeness (QED) is 0.893. The Kier molecular flexibility index (Phi) is 5.11. The van der Waals surface area contributed by atoms with Gasteiger partial charge < -0.3 is 10.2 Å². The van der Waals surface area contributed by atoms with Crippen LogP contribution in [-0.2, 0) is 19.9 Å². The van der Waals surface area contributed by atoms with Crippen LogP contribution in [0.15, 0.2) is 24.3 Å². The van der Waals surface area contributed by atoms with Crippen molar-refractivity contribution in [1.29, 1.82) is 0 Å². The number of fused-ring (bicyclic) bond motifs is 1. The number of rotatable bonds is 5. The first-order chi connectivity index (χ1) is 12.7. The van der Waals surface area contributed by atoms with Gasteiger partial charge in [0.2, 0.25) is 0 Å². The van der Waals surface area contributed by atoms with E-state index >= 15 is 0 Å². The number of aryl methyl sites for hydroxylation is 1. The third kappa shape index (κ3) is 3.70. The summed E-state index contributed by atoms with van der Waals surface area (Å²) >= 11 is 0. The molecular weight excluding hydrogens is 329 g/mol. The normalized spacial score (nSPS) is 18.0. The minimum absolute atomic E-state index is 0.171. The molecule has 0 atom stereocenters. The molecule has 26 heavy (non-hydrogen) atoms. The van der Waals surface area contributed by atoms with E-state index in [0.29, 0.717) is 0 Å². The zero-order valence-corrected chi connectivity index (χ0v) is 15.5. The lowest BCUT2D eigenvalue weighted by molar-refractivity contribution is 0.267. The molecule has 4 rings (SSSR count). The number of hydrogen-bond acceptors (Lipinski definition) is 4. The van der Waals surface area contributed by atoms with Gasteiger partial charge in [-0.1, -0.05) is 0 Å². The minimum atomic E-state index is -0.171. The smallest absolute Gasteiger partial charge is 0.151 e. The van der Waals surface area contributed by atoms with E-state index in [1.807, 2.05) is 12.1 Å². The van der Waals surface area contributed by atoms with Gasteiger partial charge in [0.05, 0.1) is 0 Å². The molecule has 1 aromatic carbocycles. The fraction of sp³-hybridized carbons (Fsp3) is 0.550. The summed E-state index contributed by atoms with van der Waals surface area (Å²) in [6.45, 7) is 6.02. The van der Waals surface area contributed by atoms with Crippen molar-refractivity contribution in [1.82, 2.24) is 14.7 Å². The Morgan fingerprint density at radius 2 is 1.77 bits per heavy atom.